The molecule has 102 valence electrons. The van der Waals surface area contributed by atoms with E-state index in [0.29, 0.717) is 18.7 Å². The monoisotopic (exact) mass is 261 g/mol. The van der Waals surface area contributed by atoms with Gasteiger partial charge in [-0.15, -0.1) is 0 Å². The molecule has 1 fully saturated rings. The lowest BCUT2D eigenvalue weighted by atomic mass is 9.81. The zero-order chi connectivity index (χ0) is 13.7. The number of nitriles is 1. The van der Waals surface area contributed by atoms with Gasteiger partial charge in [-0.1, -0.05) is 25.7 Å². The highest BCUT2D eigenvalue weighted by atomic mass is 16.2. The summed E-state index contributed by atoms with van der Waals surface area (Å²) in [4.78, 5) is 16.4. The van der Waals surface area contributed by atoms with Crippen LogP contribution in [0.2, 0.25) is 0 Å². The number of carbonyl (C=O) groups is 1. The third-order valence-corrected chi connectivity index (χ3v) is 3.80. The van der Waals surface area contributed by atoms with Crippen molar-refractivity contribution in [2.75, 3.05) is 0 Å². The molecule has 0 radical (unpaired) electrons. The van der Waals surface area contributed by atoms with Gasteiger partial charge in [0, 0.05) is 0 Å². The van der Waals surface area contributed by atoms with Crippen molar-refractivity contribution in [3.63, 3.8) is 0 Å². The molecule has 2 rings (SSSR count). The maximum absolute atomic E-state index is 12.4. The Labute approximate surface area is 112 Å². The molecule has 1 atom stereocenters. The third kappa shape index (κ3) is 2.92. The predicted molar refractivity (Wildman–Crippen MR) is 68.7 cm³/mol. The number of aromatic nitrogens is 3. The lowest BCUT2D eigenvalue weighted by Crippen LogP contribution is -2.41. The van der Waals surface area contributed by atoms with Crippen LogP contribution in [0.4, 0.5) is 0 Å². The minimum Gasteiger partial charge on any atom is -0.345 e. The molecular weight excluding hydrogens is 242 g/mol. The van der Waals surface area contributed by atoms with Crippen LogP contribution in [0.5, 0.6) is 0 Å². The maximum Gasteiger partial charge on any atom is 0.241 e. The van der Waals surface area contributed by atoms with Crippen molar-refractivity contribution in [1.29, 1.82) is 5.26 Å². The van der Waals surface area contributed by atoms with Crippen molar-refractivity contribution in [1.82, 2.24) is 20.5 Å². The molecule has 0 aromatic carbocycles. The molecule has 0 aliphatic heterocycles. The largest absolute Gasteiger partial charge is 0.345 e. The Balaban J connectivity index is 2.06. The Hall–Kier alpha value is -1.90. The fraction of sp³-hybridized carbons (Fsp3) is 0.692. The van der Waals surface area contributed by atoms with Crippen LogP contribution in [0.1, 0.15) is 57.3 Å². The second-order valence-corrected chi connectivity index (χ2v) is 5.17. The van der Waals surface area contributed by atoms with Crippen LogP contribution in [0.15, 0.2) is 6.33 Å². The van der Waals surface area contributed by atoms with Gasteiger partial charge in [0.1, 0.15) is 17.6 Å². The Morgan fingerprint density at radius 2 is 2.16 bits per heavy atom. The lowest BCUT2D eigenvalue weighted by molar-refractivity contribution is -0.129. The van der Waals surface area contributed by atoms with Gasteiger partial charge >= 0.3 is 0 Å². The molecule has 1 saturated carbocycles. The van der Waals surface area contributed by atoms with Gasteiger partial charge < -0.3 is 5.32 Å². The summed E-state index contributed by atoms with van der Waals surface area (Å²) in [6.45, 7) is 1.83. The van der Waals surface area contributed by atoms with E-state index < -0.39 is 5.41 Å². The van der Waals surface area contributed by atoms with Gasteiger partial charge in [-0.2, -0.15) is 10.4 Å². The predicted octanol–water partition coefficient (Wildman–Crippen LogP) is 1.85. The second kappa shape index (κ2) is 5.83. The van der Waals surface area contributed by atoms with Crippen LogP contribution < -0.4 is 5.32 Å². The highest BCUT2D eigenvalue weighted by Crippen LogP contribution is 2.35. The first-order chi connectivity index (χ1) is 9.18. The number of aromatic amines is 1. The van der Waals surface area contributed by atoms with Crippen LogP contribution >= 0.6 is 0 Å². The first-order valence-electron chi connectivity index (χ1n) is 6.75. The van der Waals surface area contributed by atoms with E-state index in [1.807, 2.05) is 6.92 Å². The summed E-state index contributed by atoms with van der Waals surface area (Å²) in [5.41, 5.74) is -0.870. The molecule has 1 unspecified atom stereocenters. The fourth-order valence-electron chi connectivity index (χ4n) is 2.55. The van der Waals surface area contributed by atoms with Gasteiger partial charge in [0.25, 0.3) is 0 Å². The molecule has 1 aliphatic carbocycles. The van der Waals surface area contributed by atoms with Gasteiger partial charge in [0.05, 0.1) is 12.1 Å². The Kier molecular flexibility index (Phi) is 4.15. The van der Waals surface area contributed by atoms with Gasteiger partial charge in [0.2, 0.25) is 5.91 Å². The number of carbonyl (C=O) groups excluding carboxylic acids is 1. The zero-order valence-corrected chi connectivity index (χ0v) is 11.1. The van der Waals surface area contributed by atoms with Gasteiger partial charge in [-0.25, -0.2) is 4.98 Å². The summed E-state index contributed by atoms with van der Waals surface area (Å²) < 4.78 is 0. The van der Waals surface area contributed by atoms with E-state index in [-0.39, 0.29) is 11.9 Å². The number of amides is 1. The Morgan fingerprint density at radius 3 is 2.68 bits per heavy atom. The van der Waals surface area contributed by atoms with E-state index in [1.54, 1.807) is 0 Å². The molecule has 6 nitrogen and oxygen atoms in total. The summed E-state index contributed by atoms with van der Waals surface area (Å²) in [7, 11) is 0. The standard InChI is InChI=1S/C13H19N5O/c1-10(11-15-9-16-18-11)17-12(19)13(8-14)6-4-2-3-5-7-13/h9-10H,2-7H2,1H3,(H,17,19)(H,15,16,18). The molecule has 1 amide bonds. The molecule has 19 heavy (non-hydrogen) atoms. The SMILES string of the molecule is CC(NC(=O)C1(C#N)CCCCCC1)c1ncn[nH]1. The van der Waals surface area contributed by atoms with Crippen LogP contribution in [0.3, 0.4) is 0 Å². The van der Waals surface area contributed by atoms with Crippen molar-refractivity contribution in [2.24, 2.45) is 5.41 Å². The minimum absolute atomic E-state index is 0.180. The van der Waals surface area contributed by atoms with Crippen molar-refractivity contribution in [2.45, 2.75) is 51.5 Å². The number of hydrogen-bond acceptors (Lipinski definition) is 4. The maximum atomic E-state index is 12.4. The zero-order valence-electron chi connectivity index (χ0n) is 11.1. The number of nitrogens with one attached hydrogen (secondary N) is 2. The van der Waals surface area contributed by atoms with E-state index in [9.17, 15) is 10.1 Å². The van der Waals surface area contributed by atoms with Gasteiger partial charge in [-0.3, -0.25) is 9.89 Å². The Bertz CT molecular complexity index is 454. The van der Waals surface area contributed by atoms with Gasteiger partial charge in [0.15, 0.2) is 0 Å². The molecule has 1 aliphatic rings. The normalized spacial score (nSPS) is 20.0. The van der Waals surface area contributed by atoms with E-state index >= 15 is 0 Å². The molecule has 1 aromatic rings. The smallest absolute Gasteiger partial charge is 0.241 e. The summed E-state index contributed by atoms with van der Waals surface area (Å²) in [6, 6.07) is 1.99. The quantitative estimate of drug-likeness (QED) is 0.812. The average molecular weight is 261 g/mol. The molecule has 0 bridgehead atoms. The van der Waals surface area contributed by atoms with Crippen molar-refractivity contribution < 1.29 is 4.79 Å². The Morgan fingerprint density at radius 1 is 1.47 bits per heavy atom. The molecule has 0 saturated heterocycles. The second-order valence-electron chi connectivity index (χ2n) is 5.17. The molecule has 2 N–H and O–H groups in total. The van der Waals surface area contributed by atoms with E-state index in [2.05, 4.69) is 26.6 Å². The van der Waals surface area contributed by atoms with Crippen molar-refractivity contribution >= 4 is 5.91 Å². The van der Waals surface area contributed by atoms with Gasteiger partial charge in [-0.05, 0) is 19.8 Å². The summed E-state index contributed by atoms with van der Waals surface area (Å²) in [6.07, 6.45) is 6.80. The molecule has 6 heteroatoms. The number of H-pyrrole nitrogens is 1. The average Bonchev–Trinajstić information content (AvgIpc) is 2.84. The van der Waals surface area contributed by atoms with Crippen LogP contribution in [-0.2, 0) is 4.79 Å². The molecule has 0 spiro atoms. The van der Waals surface area contributed by atoms with E-state index in [0.717, 1.165) is 25.7 Å². The van der Waals surface area contributed by atoms with E-state index in [4.69, 9.17) is 0 Å². The highest BCUT2D eigenvalue weighted by molar-refractivity contribution is 5.85. The lowest BCUT2D eigenvalue weighted by Gasteiger charge is -2.25. The summed E-state index contributed by atoms with van der Waals surface area (Å²) in [5.74, 6) is 0.427. The highest BCUT2D eigenvalue weighted by Gasteiger charge is 2.39. The van der Waals surface area contributed by atoms with Crippen LogP contribution in [0, 0.1) is 16.7 Å². The number of rotatable bonds is 3. The molecule has 1 heterocycles. The topological polar surface area (TPSA) is 94.5 Å². The van der Waals surface area contributed by atoms with E-state index in [1.165, 1.54) is 6.33 Å². The molecule has 1 aromatic heterocycles. The first-order valence-corrected chi connectivity index (χ1v) is 6.75. The van der Waals surface area contributed by atoms with Crippen molar-refractivity contribution in [3.8, 4) is 6.07 Å². The number of hydrogen-bond donors (Lipinski definition) is 2. The van der Waals surface area contributed by atoms with Crippen LogP contribution in [0.25, 0.3) is 0 Å². The minimum atomic E-state index is -0.870. The number of nitrogens with zero attached hydrogens (tertiary/aromatic N) is 3. The first kappa shape index (κ1) is 13.5. The van der Waals surface area contributed by atoms with Crippen LogP contribution in [-0.4, -0.2) is 21.1 Å². The molecular formula is C13H19N5O. The summed E-state index contributed by atoms with van der Waals surface area (Å²) >= 11 is 0. The summed E-state index contributed by atoms with van der Waals surface area (Å²) in [5, 5.41) is 18.8. The third-order valence-electron chi connectivity index (χ3n) is 3.80. The van der Waals surface area contributed by atoms with Crippen molar-refractivity contribution in [3.05, 3.63) is 12.2 Å². The fourth-order valence-corrected chi connectivity index (χ4v) is 2.55.